The van der Waals surface area contributed by atoms with Gasteiger partial charge in [-0.05, 0) is 36.8 Å². The molecule has 2 N–H and O–H groups in total. The first kappa shape index (κ1) is 28.8. The SMILES string of the molecule is Cc1c(Cl)cccc1N1CCN(C[C@@H](O)CNc2ncnc3c2nc(-c2ccccc2)n3-c2ccccc2)CC1.Cl. The maximum absolute atomic E-state index is 10.9. The molecule has 1 atom stereocenters. The molecule has 1 fully saturated rings. The number of hydrogen-bond acceptors (Lipinski definition) is 7. The van der Waals surface area contributed by atoms with Crippen molar-refractivity contribution < 1.29 is 5.11 Å². The number of imidazole rings is 1. The zero-order valence-corrected chi connectivity index (χ0v) is 24.4. The van der Waals surface area contributed by atoms with Gasteiger partial charge in [-0.25, -0.2) is 15.0 Å². The van der Waals surface area contributed by atoms with E-state index in [0.29, 0.717) is 30.1 Å². The molecule has 8 nitrogen and oxygen atoms in total. The van der Waals surface area contributed by atoms with Crippen molar-refractivity contribution in [1.82, 2.24) is 24.4 Å². The van der Waals surface area contributed by atoms with Gasteiger partial charge >= 0.3 is 0 Å². The van der Waals surface area contributed by atoms with E-state index in [1.54, 1.807) is 6.33 Å². The highest BCUT2D eigenvalue weighted by atomic mass is 35.5. The van der Waals surface area contributed by atoms with Crippen molar-refractivity contribution in [3.8, 4) is 17.1 Å². The number of nitrogens with one attached hydrogen (secondary N) is 1. The van der Waals surface area contributed by atoms with E-state index in [2.05, 4.69) is 42.6 Å². The number of hydrogen-bond donors (Lipinski definition) is 2. The van der Waals surface area contributed by atoms with Crippen LogP contribution in [0.25, 0.3) is 28.2 Å². The summed E-state index contributed by atoms with van der Waals surface area (Å²) in [6, 6.07) is 26.2. The Morgan fingerprint density at radius 1 is 0.902 bits per heavy atom. The number of halogens is 2. The second-order valence-electron chi connectivity index (χ2n) is 10.1. The zero-order chi connectivity index (χ0) is 27.5. The van der Waals surface area contributed by atoms with Gasteiger partial charge in [0.15, 0.2) is 17.0 Å². The summed E-state index contributed by atoms with van der Waals surface area (Å²) in [5.41, 5.74) is 5.64. The molecule has 5 aromatic rings. The van der Waals surface area contributed by atoms with E-state index >= 15 is 0 Å². The number of β-amino-alcohol motifs (C(OH)–C–C–N with tert-alkyl or cyclic N) is 1. The minimum Gasteiger partial charge on any atom is -0.390 e. The number of aliphatic hydroxyl groups is 1. The van der Waals surface area contributed by atoms with Crippen LogP contribution in [0.3, 0.4) is 0 Å². The van der Waals surface area contributed by atoms with E-state index in [1.807, 2.05) is 72.8 Å². The zero-order valence-electron chi connectivity index (χ0n) is 22.8. The molecule has 1 aliphatic heterocycles. The molecule has 2 aromatic heterocycles. The number of anilines is 2. The van der Waals surface area contributed by atoms with E-state index in [4.69, 9.17) is 16.6 Å². The third-order valence-corrected chi connectivity index (χ3v) is 7.83. The van der Waals surface area contributed by atoms with Crippen LogP contribution in [0, 0.1) is 6.92 Å². The number of para-hydroxylation sites is 1. The molecular formula is C31H33Cl2N7O. The van der Waals surface area contributed by atoms with Crippen LogP contribution in [0.1, 0.15) is 5.56 Å². The van der Waals surface area contributed by atoms with Crippen LogP contribution < -0.4 is 10.2 Å². The van der Waals surface area contributed by atoms with E-state index in [0.717, 1.165) is 53.8 Å². The number of aliphatic hydroxyl groups excluding tert-OH is 1. The van der Waals surface area contributed by atoms with Crippen LogP contribution in [0.2, 0.25) is 5.02 Å². The van der Waals surface area contributed by atoms with Crippen LogP contribution in [0.5, 0.6) is 0 Å². The Bertz CT molecular complexity index is 1590. The maximum atomic E-state index is 10.9. The van der Waals surface area contributed by atoms with Crippen molar-refractivity contribution in [3.63, 3.8) is 0 Å². The Hall–Kier alpha value is -3.69. The van der Waals surface area contributed by atoms with E-state index in [1.165, 1.54) is 5.69 Å². The Labute approximate surface area is 251 Å². The summed E-state index contributed by atoms with van der Waals surface area (Å²) in [7, 11) is 0. The minimum absolute atomic E-state index is 0. The van der Waals surface area contributed by atoms with Crippen molar-refractivity contribution in [3.05, 3.63) is 95.8 Å². The lowest BCUT2D eigenvalue weighted by atomic mass is 10.1. The lowest BCUT2D eigenvalue weighted by Gasteiger charge is -2.37. The van der Waals surface area contributed by atoms with Crippen molar-refractivity contribution in [2.45, 2.75) is 13.0 Å². The molecule has 10 heteroatoms. The highest BCUT2D eigenvalue weighted by Gasteiger charge is 2.22. The van der Waals surface area contributed by atoms with E-state index < -0.39 is 6.10 Å². The van der Waals surface area contributed by atoms with Crippen molar-refractivity contribution >= 4 is 46.7 Å². The summed E-state index contributed by atoms with van der Waals surface area (Å²) in [6.07, 6.45) is 0.985. The molecule has 0 amide bonds. The largest absolute Gasteiger partial charge is 0.390 e. The summed E-state index contributed by atoms with van der Waals surface area (Å²) in [5, 5.41) is 15.0. The molecule has 0 aliphatic carbocycles. The molecule has 3 aromatic carbocycles. The Balaban J connectivity index is 0.00000337. The van der Waals surface area contributed by atoms with Crippen LogP contribution in [0.15, 0.2) is 85.2 Å². The summed E-state index contributed by atoms with van der Waals surface area (Å²) in [5.74, 6) is 1.40. The van der Waals surface area contributed by atoms with Gasteiger partial charge in [0.05, 0.1) is 6.10 Å². The molecule has 41 heavy (non-hydrogen) atoms. The number of piperazine rings is 1. The summed E-state index contributed by atoms with van der Waals surface area (Å²) >= 11 is 6.33. The molecule has 3 heterocycles. The number of rotatable bonds is 8. The molecule has 0 unspecified atom stereocenters. The smallest absolute Gasteiger partial charge is 0.170 e. The topological polar surface area (TPSA) is 82.3 Å². The van der Waals surface area contributed by atoms with Gasteiger partial charge in [0.25, 0.3) is 0 Å². The monoisotopic (exact) mass is 589 g/mol. The first-order valence-corrected chi connectivity index (χ1v) is 13.9. The number of nitrogens with zero attached hydrogens (tertiary/aromatic N) is 6. The third-order valence-electron chi connectivity index (χ3n) is 7.42. The van der Waals surface area contributed by atoms with Gasteiger partial charge in [-0.3, -0.25) is 9.47 Å². The second-order valence-corrected chi connectivity index (χ2v) is 10.5. The van der Waals surface area contributed by atoms with Crippen LogP contribution in [0.4, 0.5) is 11.5 Å². The lowest BCUT2D eigenvalue weighted by molar-refractivity contribution is 0.118. The molecule has 0 bridgehead atoms. The molecule has 212 valence electrons. The first-order chi connectivity index (χ1) is 19.6. The van der Waals surface area contributed by atoms with Crippen molar-refractivity contribution in [1.29, 1.82) is 0 Å². The maximum Gasteiger partial charge on any atom is 0.170 e. The van der Waals surface area contributed by atoms with Gasteiger partial charge < -0.3 is 15.3 Å². The molecule has 0 saturated carbocycles. The molecule has 6 rings (SSSR count). The molecular weight excluding hydrogens is 557 g/mol. The van der Waals surface area contributed by atoms with Crippen LogP contribution in [-0.2, 0) is 0 Å². The summed E-state index contributed by atoms with van der Waals surface area (Å²) < 4.78 is 2.05. The van der Waals surface area contributed by atoms with Gasteiger partial charge in [0, 0.05) is 61.2 Å². The fraction of sp³-hybridized carbons (Fsp3) is 0.258. The number of fused-ring (bicyclic) bond motifs is 1. The Morgan fingerprint density at radius 3 is 2.34 bits per heavy atom. The lowest BCUT2D eigenvalue weighted by Crippen LogP contribution is -2.49. The average molecular weight is 591 g/mol. The summed E-state index contributed by atoms with van der Waals surface area (Å²) in [6.45, 7) is 6.55. The van der Waals surface area contributed by atoms with Crippen molar-refractivity contribution in [2.24, 2.45) is 0 Å². The average Bonchev–Trinajstić information content (AvgIpc) is 3.39. The first-order valence-electron chi connectivity index (χ1n) is 13.6. The van der Waals surface area contributed by atoms with Crippen LogP contribution >= 0.6 is 24.0 Å². The fourth-order valence-electron chi connectivity index (χ4n) is 5.31. The van der Waals surface area contributed by atoms with Crippen molar-refractivity contribution in [2.75, 3.05) is 49.5 Å². The quantitative estimate of drug-likeness (QED) is 0.248. The predicted octanol–water partition coefficient (Wildman–Crippen LogP) is 5.46. The van der Waals surface area contributed by atoms with Crippen LogP contribution in [-0.4, -0.2) is 74.9 Å². The summed E-state index contributed by atoms with van der Waals surface area (Å²) in [4.78, 5) is 18.7. The Kier molecular flexibility index (Phi) is 9.05. The predicted molar refractivity (Wildman–Crippen MR) is 169 cm³/mol. The molecule has 1 saturated heterocycles. The minimum atomic E-state index is -0.561. The molecule has 1 aliphatic rings. The normalized spacial score (nSPS) is 14.6. The second kappa shape index (κ2) is 12.9. The van der Waals surface area contributed by atoms with Gasteiger partial charge in [-0.1, -0.05) is 66.2 Å². The third kappa shape index (κ3) is 6.16. The van der Waals surface area contributed by atoms with E-state index in [-0.39, 0.29) is 12.4 Å². The number of benzene rings is 3. The highest BCUT2D eigenvalue weighted by molar-refractivity contribution is 6.31. The van der Waals surface area contributed by atoms with Gasteiger partial charge in [-0.2, -0.15) is 0 Å². The molecule has 0 spiro atoms. The van der Waals surface area contributed by atoms with Gasteiger partial charge in [0.2, 0.25) is 0 Å². The molecule has 0 radical (unpaired) electrons. The standard InChI is InChI=1S/C31H32ClN7O.ClH/c1-22-26(32)13-8-14-27(22)38-17-15-37(16-18-38)20-25(40)19-33-29-28-31(35-21-34-29)39(24-11-6-3-7-12-24)30(36-28)23-9-4-2-5-10-23;/h2-14,21,25,40H,15-20H2,1H3,(H,33,34,35);1H/t25-;/m0./s1. The number of aromatic nitrogens is 4. The fourth-order valence-corrected chi connectivity index (χ4v) is 5.48. The Morgan fingerprint density at radius 2 is 1.61 bits per heavy atom. The highest BCUT2D eigenvalue weighted by Crippen LogP contribution is 2.30. The van der Waals surface area contributed by atoms with Gasteiger partial charge in [0.1, 0.15) is 12.2 Å². The van der Waals surface area contributed by atoms with Gasteiger partial charge in [-0.15, -0.1) is 12.4 Å². The van der Waals surface area contributed by atoms with E-state index in [9.17, 15) is 5.11 Å².